The number of rotatable bonds is 3. The average molecular weight is 558 g/mol. The molecule has 5 heterocycles. The lowest BCUT2D eigenvalue weighted by Gasteiger charge is -2.40. The van der Waals surface area contributed by atoms with Gasteiger partial charge in [0.25, 0.3) is 0 Å². The third-order valence-corrected chi connectivity index (χ3v) is 8.52. The minimum atomic E-state index is -0.580. The molecule has 212 valence electrons. The molecule has 2 aromatic heterocycles. The van der Waals surface area contributed by atoms with Gasteiger partial charge in [-0.3, -0.25) is 4.90 Å². The van der Waals surface area contributed by atoms with Crippen LogP contribution in [0, 0.1) is 18.3 Å². The number of nitriles is 1. The van der Waals surface area contributed by atoms with E-state index >= 15 is 0 Å². The first-order chi connectivity index (χ1) is 19.8. The van der Waals surface area contributed by atoms with Gasteiger partial charge in [0, 0.05) is 41.7 Å². The summed E-state index contributed by atoms with van der Waals surface area (Å²) in [5, 5.41) is 21.5. The Labute approximate surface area is 236 Å². The zero-order chi connectivity index (χ0) is 28.8. The Morgan fingerprint density at radius 1 is 1.20 bits per heavy atom. The fourth-order valence-corrected chi connectivity index (χ4v) is 6.31. The van der Waals surface area contributed by atoms with Crippen LogP contribution in [0.25, 0.3) is 33.0 Å². The summed E-state index contributed by atoms with van der Waals surface area (Å²) in [7, 11) is 1.48. The van der Waals surface area contributed by atoms with Crippen LogP contribution in [0.4, 0.5) is 10.2 Å². The lowest BCUT2D eigenvalue weighted by molar-refractivity contribution is 0.292. The number of aromatic nitrogens is 2. The highest BCUT2D eigenvalue weighted by atomic mass is 19.1. The van der Waals surface area contributed by atoms with Crippen LogP contribution in [0.2, 0.25) is 0 Å². The maximum absolute atomic E-state index is 13.2. The van der Waals surface area contributed by atoms with Crippen LogP contribution in [0.5, 0.6) is 11.8 Å². The van der Waals surface area contributed by atoms with Gasteiger partial charge < -0.3 is 19.2 Å². The number of anilines is 1. The van der Waals surface area contributed by atoms with E-state index in [0.717, 1.165) is 25.9 Å². The minimum Gasteiger partial charge on any atom is -0.508 e. The fraction of sp³-hybridized carbons (Fsp3) is 0.419. The summed E-state index contributed by atoms with van der Waals surface area (Å²) < 4.78 is 23.7. The standard InChI is InChI=1S/C24H20N4O4.C7H12FN/c1-12-7-8-28(12)22-19-20(26-24(27-22)31-3)13(2)21(32-23(19)30)17-10-16(29)9-14-5-4-6-15(11-25)18(14)17;8-6-4-7-2-1-3-9(7)5-6/h4-6,9-10,12,29H,7-8H2,1-3H3;6-7H,1-5H2. The van der Waals surface area contributed by atoms with E-state index in [1.54, 1.807) is 31.2 Å². The minimum absolute atomic E-state index is 0.0000896. The van der Waals surface area contributed by atoms with E-state index in [4.69, 9.17) is 9.15 Å². The molecule has 2 aromatic carbocycles. The van der Waals surface area contributed by atoms with Crippen LogP contribution in [-0.4, -0.2) is 65.0 Å². The van der Waals surface area contributed by atoms with E-state index in [2.05, 4.69) is 27.9 Å². The molecule has 3 aliphatic rings. The summed E-state index contributed by atoms with van der Waals surface area (Å²) in [5.74, 6) is 0.738. The summed E-state index contributed by atoms with van der Waals surface area (Å²) in [5.41, 5.74) is 1.29. The second-order valence-corrected chi connectivity index (χ2v) is 11.1. The number of ether oxygens (including phenoxy) is 1. The molecule has 0 bridgehead atoms. The first-order valence-corrected chi connectivity index (χ1v) is 14.0. The number of alkyl halides is 1. The Kier molecular flexibility index (Phi) is 6.99. The molecule has 3 unspecified atom stereocenters. The van der Waals surface area contributed by atoms with Crippen molar-refractivity contribution in [2.75, 3.05) is 31.6 Å². The Bertz CT molecular complexity index is 1740. The summed E-state index contributed by atoms with van der Waals surface area (Å²) in [6.07, 6.45) is 3.82. The van der Waals surface area contributed by atoms with Gasteiger partial charge in [0.05, 0.1) is 24.3 Å². The molecule has 0 spiro atoms. The molecule has 0 aliphatic carbocycles. The molecular weight excluding hydrogens is 525 g/mol. The van der Waals surface area contributed by atoms with Crippen molar-refractivity contribution in [1.82, 2.24) is 14.9 Å². The van der Waals surface area contributed by atoms with Crippen molar-refractivity contribution < 1.29 is 18.7 Å². The van der Waals surface area contributed by atoms with Crippen molar-refractivity contribution in [3.05, 3.63) is 51.9 Å². The normalized spacial score (nSPS) is 21.7. The predicted octanol–water partition coefficient (Wildman–Crippen LogP) is 5.09. The number of benzene rings is 2. The summed E-state index contributed by atoms with van der Waals surface area (Å²) in [6, 6.07) is 11.5. The van der Waals surface area contributed by atoms with Gasteiger partial charge in [-0.1, -0.05) is 12.1 Å². The molecule has 10 heteroatoms. The number of phenolic OH excluding ortho intramolecular Hbond substituents is 1. The smallest absolute Gasteiger partial charge is 0.349 e. The zero-order valence-corrected chi connectivity index (χ0v) is 23.4. The van der Waals surface area contributed by atoms with Gasteiger partial charge in [0.1, 0.15) is 23.1 Å². The van der Waals surface area contributed by atoms with Crippen molar-refractivity contribution in [1.29, 1.82) is 5.26 Å². The fourth-order valence-electron chi connectivity index (χ4n) is 6.31. The Balaban J connectivity index is 0.000000283. The van der Waals surface area contributed by atoms with Crippen molar-refractivity contribution in [2.24, 2.45) is 0 Å². The van der Waals surface area contributed by atoms with Crippen LogP contribution in [0.1, 0.15) is 43.7 Å². The molecule has 7 rings (SSSR count). The molecule has 3 saturated heterocycles. The first-order valence-electron chi connectivity index (χ1n) is 14.0. The van der Waals surface area contributed by atoms with Gasteiger partial charge in [0.15, 0.2) is 5.82 Å². The molecule has 0 amide bonds. The van der Waals surface area contributed by atoms with Gasteiger partial charge in [-0.05, 0) is 69.7 Å². The Morgan fingerprint density at radius 3 is 2.71 bits per heavy atom. The lowest BCUT2D eigenvalue weighted by atomic mass is 9.95. The van der Waals surface area contributed by atoms with E-state index in [1.165, 1.54) is 26.0 Å². The zero-order valence-electron chi connectivity index (χ0n) is 23.4. The second-order valence-electron chi connectivity index (χ2n) is 11.1. The van der Waals surface area contributed by atoms with Gasteiger partial charge in [-0.2, -0.15) is 15.2 Å². The average Bonchev–Trinajstić information content (AvgIpc) is 3.54. The number of aromatic hydroxyl groups is 1. The van der Waals surface area contributed by atoms with Gasteiger partial charge in [-0.15, -0.1) is 0 Å². The number of fused-ring (bicyclic) bond motifs is 3. The van der Waals surface area contributed by atoms with E-state index in [0.29, 0.717) is 56.8 Å². The number of aryl methyl sites for hydroxylation is 1. The molecule has 3 fully saturated rings. The molecule has 0 saturated carbocycles. The molecule has 9 nitrogen and oxygen atoms in total. The van der Waals surface area contributed by atoms with E-state index < -0.39 is 11.8 Å². The molecule has 41 heavy (non-hydrogen) atoms. The molecule has 3 atom stereocenters. The van der Waals surface area contributed by atoms with Crippen LogP contribution in [0.3, 0.4) is 0 Å². The number of hydrogen-bond donors (Lipinski definition) is 1. The molecule has 3 aliphatic heterocycles. The molecule has 0 radical (unpaired) electrons. The maximum Gasteiger partial charge on any atom is 0.349 e. The highest BCUT2D eigenvalue weighted by Crippen LogP contribution is 2.39. The number of hydrogen-bond acceptors (Lipinski definition) is 9. The summed E-state index contributed by atoms with van der Waals surface area (Å²) in [4.78, 5) is 26.4. The first kappa shape index (κ1) is 27.0. The summed E-state index contributed by atoms with van der Waals surface area (Å²) in [6.45, 7) is 6.49. The number of methoxy groups -OCH3 is 1. The Morgan fingerprint density at radius 2 is 2.02 bits per heavy atom. The van der Waals surface area contributed by atoms with E-state index in [9.17, 15) is 19.6 Å². The third kappa shape index (κ3) is 4.74. The second kappa shape index (κ2) is 10.6. The van der Waals surface area contributed by atoms with Crippen LogP contribution < -0.4 is 15.3 Å². The molecular formula is C31H32FN5O4. The maximum atomic E-state index is 13.2. The topological polar surface area (TPSA) is 116 Å². The monoisotopic (exact) mass is 557 g/mol. The van der Waals surface area contributed by atoms with Crippen LogP contribution in [-0.2, 0) is 0 Å². The SMILES string of the molecule is COc1nc(N2CCC2C)c2c(=O)oc(-c3cc(O)cc4cccc(C#N)c34)c(C)c2n1.FC1CC2CCCN2C1. The van der Waals surface area contributed by atoms with Gasteiger partial charge >= 0.3 is 11.6 Å². The van der Waals surface area contributed by atoms with Crippen LogP contribution >= 0.6 is 0 Å². The molecule has 4 aromatic rings. The van der Waals surface area contributed by atoms with Crippen molar-refractivity contribution in [3.63, 3.8) is 0 Å². The summed E-state index contributed by atoms with van der Waals surface area (Å²) >= 11 is 0. The Hall–Kier alpha value is -4.23. The van der Waals surface area contributed by atoms with Gasteiger partial charge in [0.2, 0.25) is 0 Å². The third-order valence-electron chi connectivity index (χ3n) is 8.52. The highest BCUT2D eigenvalue weighted by Gasteiger charge is 2.35. The quantitative estimate of drug-likeness (QED) is 0.368. The van der Waals surface area contributed by atoms with E-state index in [-0.39, 0.29) is 23.6 Å². The lowest BCUT2D eigenvalue weighted by Crippen LogP contribution is -2.46. The van der Waals surface area contributed by atoms with E-state index in [1.807, 2.05) is 4.90 Å². The van der Waals surface area contributed by atoms with Crippen LogP contribution in [0.15, 0.2) is 39.5 Å². The van der Waals surface area contributed by atoms with Crippen molar-refractivity contribution in [3.8, 4) is 29.2 Å². The van der Waals surface area contributed by atoms with Gasteiger partial charge in [-0.25, -0.2) is 9.18 Å². The molecule has 1 N–H and O–H groups in total. The predicted molar refractivity (Wildman–Crippen MR) is 154 cm³/mol. The number of nitrogens with zero attached hydrogens (tertiary/aromatic N) is 5. The largest absolute Gasteiger partial charge is 0.508 e. The highest BCUT2D eigenvalue weighted by molar-refractivity contribution is 6.03. The van der Waals surface area contributed by atoms with Crippen molar-refractivity contribution in [2.45, 2.75) is 57.8 Å². The number of phenols is 1. The van der Waals surface area contributed by atoms with Crippen molar-refractivity contribution >= 4 is 27.5 Å². The number of halogens is 1.